The fourth-order valence-electron chi connectivity index (χ4n) is 2.62. The van der Waals surface area contributed by atoms with E-state index < -0.39 is 32.9 Å². The quantitative estimate of drug-likeness (QED) is 0.615. The number of hydrogen-bond acceptors (Lipinski definition) is 5. The Balaban J connectivity index is 1.66. The van der Waals surface area contributed by atoms with Crippen molar-refractivity contribution in [2.45, 2.75) is 63.5 Å². The maximum absolute atomic E-state index is 12.1. The number of rotatable bonds is 4. The molecule has 6 heteroatoms. The lowest BCUT2D eigenvalue weighted by Crippen LogP contribution is -2.44. The highest BCUT2D eigenvalue weighted by Crippen LogP contribution is 2.40. The Morgan fingerprint density at radius 3 is 2.42 bits per heavy atom. The van der Waals surface area contributed by atoms with E-state index in [0.717, 1.165) is 5.56 Å². The third-order valence-electron chi connectivity index (χ3n) is 5.20. The first-order chi connectivity index (χ1) is 11.2. The summed E-state index contributed by atoms with van der Waals surface area (Å²) in [4.78, 5) is 12.1. The summed E-state index contributed by atoms with van der Waals surface area (Å²) in [5.41, 5.74) is 0.906. The Labute approximate surface area is 144 Å². The second-order valence-electron chi connectivity index (χ2n) is 7.95. The number of ether oxygens (including phenoxy) is 3. The molecule has 2 saturated heterocycles. The van der Waals surface area contributed by atoms with Crippen molar-refractivity contribution in [2.75, 3.05) is 6.61 Å². The molecule has 0 spiro atoms. The van der Waals surface area contributed by atoms with Crippen LogP contribution >= 0.6 is 0 Å². The van der Waals surface area contributed by atoms with Gasteiger partial charge >= 0.3 is 5.97 Å². The Bertz CT molecular complexity index is 595. The standard InChI is InChI=1S/C18H26O5Si/c1-18(2,3)24(4,5)20-11-13-14-15(16(19)21-13)23-17(22-14)12-9-7-6-8-10-12/h6-10,13-15,17H,11H2,1-5H3/t13-,14-,15-,17?/m1/s1. The Morgan fingerprint density at radius 1 is 1.12 bits per heavy atom. The minimum Gasteiger partial charge on any atom is -0.455 e. The first kappa shape index (κ1) is 17.6. The number of cyclic esters (lactones) is 1. The average Bonchev–Trinajstić information content (AvgIpc) is 3.06. The molecule has 0 radical (unpaired) electrons. The van der Waals surface area contributed by atoms with Gasteiger partial charge in [0.15, 0.2) is 26.8 Å². The number of fused-ring (bicyclic) bond motifs is 1. The zero-order valence-electron chi connectivity index (χ0n) is 14.9. The molecular weight excluding hydrogens is 324 g/mol. The third kappa shape index (κ3) is 3.28. The van der Waals surface area contributed by atoms with E-state index in [-0.39, 0.29) is 11.0 Å². The smallest absolute Gasteiger partial charge is 0.338 e. The van der Waals surface area contributed by atoms with Crippen LogP contribution in [-0.4, -0.2) is 39.2 Å². The number of esters is 1. The molecule has 5 nitrogen and oxygen atoms in total. The normalized spacial score (nSPS) is 30.3. The van der Waals surface area contributed by atoms with Crippen LogP contribution in [0.5, 0.6) is 0 Å². The largest absolute Gasteiger partial charge is 0.455 e. The summed E-state index contributed by atoms with van der Waals surface area (Å²) in [5.74, 6) is -0.359. The van der Waals surface area contributed by atoms with Gasteiger partial charge in [-0.3, -0.25) is 0 Å². The van der Waals surface area contributed by atoms with E-state index in [9.17, 15) is 4.79 Å². The van der Waals surface area contributed by atoms with Gasteiger partial charge in [0.05, 0.1) is 6.61 Å². The van der Waals surface area contributed by atoms with Crippen LogP contribution in [0.3, 0.4) is 0 Å². The Hall–Kier alpha value is -1.21. The van der Waals surface area contributed by atoms with Crippen molar-refractivity contribution in [1.82, 2.24) is 0 Å². The molecule has 24 heavy (non-hydrogen) atoms. The molecule has 2 aliphatic heterocycles. The summed E-state index contributed by atoms with van der Waals surface area (Å²) in [7, 11) is -1.91. The van der Waals surface area contributed by atoms with Gasteiger partial charge in [-0.25, -0.2) is 4.79 Å². The van der Waals surface area contributed by atoms with Gasteiger partial charge in [0.2, 0.25) is 0 Å². The molecule has 0 aromatic heterocycles. The predicted molar refractivity (Wildman–Crippen MR) is 92.0 cm³/mol. The van der Waals surface area contributed by atoms with Crippen LogP contribution in [0.15, 0.2) is 30.3 Å². The zero-order valence-corrected chi connectivity index (χ0v) is 15.9. The summed E-state index contributed by atoms with van der Waals surface area (Å²) in [5, 5.41) is 0.106. The molecular formula is C18H26O5Si. The maximum Gasteiger partial charge on any atom is 0.338 e. The van der Waals surface area contributed by atoms with Crippen molar-refractivity contribution in [1.29, 1.82) is 0 Å². The van der Waals surface area contributed by atoms with E-state index in [1.54, 1.807) is 0 Å². The molecule has 1 unspecified atom stereocenters. The van der Waals surface area contributed by atoms with Crippen molar-refractivity contribution in [3.8, 4) is 0 Å². The highest BCUT2D eigenvalue weighted by atomic mass is 28.4. The fraction of sp³-hybridized carbons (Fsp3) is 0.611. The molecule has 2 heterocycles. The SMILES string of the molecule is CC(C)(C)[Si](C)(C)OC[C@H]1OC(=O)[C@@H]2OC(c3ccccc3)O[C@H]12. The monoisotopic (exact) mass is 350 g/mol. The molecule has 132 valence electrons. The predicted octanol–water partition coefficient (Wildman–Crippen LogP) is 3.42. The van der Waals surface area contributed by atoms with Gasteiger partial charge in [0, 0.05) is 5.56 Å². The average molecular weight is 350 g/mol. The number of carbonyl (C=O) groups excluding carboxylic acids is 1. The first-order valence-electron chi connectivity index (χ1n) is 8.39. The van der Waals surface area contributed by atoms with E-state index >= 15 is 0 Å². The lowest BCUT2D eigenvalue weighted by molar-refractivity contribution is -0.164. The van der Waals surface area contributed by atoms with Gasteiger partial charge < -0.3 is 18.6 Å². The third-order valence-corrected chi connectivity index (χ3v) is 9.70. The van der Waals surface area contributed by atoms with Gasteiger partial charge in [-0.2, -0.15) is 0 Å². The molecule has 0 bridgehead atoms. The van der Waals surface area contributed by atoms with Crippen LogP contribution in [0.1, 0.15) is 32.6 Å². The summed E-state index contributed by atoms with van der Waals surface area (Å²) in [6, 6.07) is 9.64. The molecule has 2 aliphatic rings. The number of hydrogen-bond donors (Lipinski definition) is 0. The topological polar surface area (TPSA) is 54.0 Å². The van der Waals surface area contributed by atoms with Gasteiger partial charge in [0.1, 0.15) is 6.10 Å². The molecule has 2 fully saturated rings. The Kier molecular flexibility index (Phi) is 4.59. The summed E-state index contributed by atoms with van der Waals surface area (Å²) in [6.07, 6.45) is -2.01. The van der Waals surface area contributed by atoms with Crippen LogP contribution in [0.4, 0.5) is 0 Å². The molecule has 1 aromatic carbocycles. The van der Waals surface area contributed by atoms with Gasteiger partial charge in [0.25, 0.3) is 0 Å². The maximum atomic E-state index is 12.1. The fourth-order valence-corrected chi connectivity index (χ4v) is 3.63. The molecule has 3 rings (SSSR count). The van der Waals surface area contributed by atoms with Crippen LogP contribution < -0.4 is 0 Å². The minimum absolute atomic E-state index is 0.106. The van der Waals surface area contributed by atoms with Crippen LogP contribution in [0.2, 0.25) is 18.1 Å². The van der Waals surface area contributed by atoms with Crippen LogP contribution in [-0.2, 0) is 23.4 Å². The zero-order chi connectivity index (χ0) is 17.5. The van der Waals surface area contributed by atoms with Crippen LogP contribution in [0, 0.1) is 0 Å². The molecule has 4 atom stereocenters. The van der Waals surface area contributed by atoms with Crippen molar-refractivity contribution < 1.29 is 23.4 Å². The number of carbonyl (C=O) groups is 1. The van der Waals surface area contributed by atoms with E-state index in [0.29, 0.717) is 6.61 Å². The lowest BCUT2D eigenvalue weighted by atomic mass is 10.1. The minimum atomic E-state index is -1.91. The van der Waals surface area contributed by atoms with Gasteiger partial charge in [-0.05, 0) is 18.1 Å². The molecule has 0 N–H and O–H groups in total. The molecule has 0 amide bonds. The summed E-state index contributed by atoms with van der Waals surface area (Å²) >= 11 is 0. The molecule has 1 aromatic rings. The van der Waals surface area contributed by atoms with Gasteiger partial charge in [-0.15, -0.1) is 0 Å². The second kappa shape index (κ2) is 6.26. The van der Waals surface area contributed by atoms with E-state index in [1.165, 1.54) is 0 Å². The van der Waals surface area contributed by atoms with Gasteiger partial charge in [-0.1, -0.05) is 51.1 Å². The molecule has 0 aliphatic carbocycles. The summed E-state index contributed by atoms with van der Waals surface area (Å²) < 4.78 is 23.4. The van der Waals surface area contributed by atoms with Crippen LogP contribution in [0.25, 0.3) is 0 Å². The number of benzene rings is 1. The van der Waals surface area contributed by atoms with Crippen molar-refractivity contribution in [3.05, 3.63) is 35.9 Å². The lowest BCUT2D eigenvalue weighted by Gasteiger charge is -2.37. The van der Waals surface area contributed by atoms with E-state index in [1.807, 2.05) is 30.3 Å². The van der Waals surface area contributed by atoms with Crippen molar-refractivity contribution in [3.63, 3.8) is 0 Å². The van der Waals surface area contributed by atoms with E-state index in [4.69, 9.17) is 18.6 Å². The molecule has 0 saturated carbocycles. The first-order valence-corrected chi connectivity index (χ1v) is 11.3. The highest BCUT2D eigenvalue weighted by Gasteiger charge is 2.54. The summed E-state index contributed by atoms with van der Waals surface area (Å²) in [6.45, 7) is 11.3. The Morgan fingerprint density at radius 2 is 1.79 bits per heavy atom. The van der Waals surface area contributed by atoms with Crippen molar-refractivity contribution >= 4 is 14.3 Å². The highest BCUT2D eigenvalue weighted by molar-refractivity contribution is 6.74. The van der Waals surface area contributed by atoms with Crippen molar-refractivity contribution in [2.24, 2.45) is 0 Å². The van der Waals surface area contributed by atoms with E-state index in [2.05, 4.69) is 33.9 Å². The second-order valence-corrected chi connectivity index (χ2v) is 12.8.